The number of benzene rings is 1. The molecular formula is C15H20BF2O3S. The Balaban J connectivity index is 0. The first-order valence-electron chi connectivity index (χ1n) is 6.57. The molecule has 7 heteroatoms. The zero-order valence-electron chi connectivity index (χ0n) is 12.7. The van der Waals surface area contributed by atoms with E-state index in [0.717, 1.165) is 23.5 Å². The normalized spacial score (nSPS) is 15.5. The first-order valence-corrected chi connectivity index (χ1v) is 7.56. The van der Waals surface area contributed by atoms with Crippen molar-refractivity contribution in [2.24, 2.45) is 5.92 Å². The summed E-state index contributed by atoms with van der Waals surface area (Å²) in [6.45, 7) is 4.30. The molecule has 1 aliphatic rings. The van der Waals surface area contributed by atoms with Crippen LogP contribution in [-0.2, 0) is 4.79 Å². The van der Waals surface area contributed by atoms with Crippen molar-refractivity contribution >= 4 is 31.7 Å². The lowest BCUT2D eigenvalue weighted by molar-refractivity contribution is -0.118. The number of carbonyl (C=O) groups is 2. The molecule has 1 heterocycles. The van der Waals surface area contributed by atoms with E-state index in [0.29, 0.717) is 17.9 Å². The SMILES string of the molecule is CCCCOc1ccc2c(c1)SCC(C(C)=O)C2=O.F.F.[B]. The Bertz CT molecular complexity index is 512. The summed E-state index contributed by atoms with van der Waals surface area (Å²) >= 11 is 1.56. The van der Waals surface area contributed by atoms with Gasteiger partial charge in [-0.1, -0.05) is 13.3 Å². The summed E-state index contributed by atoms with van der Waals surface area (Å²) in [6, 6.07) is 5.50. The number of fused-ring (bicyclic) bond motifs is 1. The van der Waals surface area contributed by atoms with Gasteiger partial charge in [-0.3, -0.25) is 19.0 Å². The molecule has 0 spiro atoms. The van der Waals surface area contributed by atoms with Crippen molar-refractivity contribution in [2.45, 2.75) is 31.6 Å². The molecule has 0 N–H and O–H groups in total. The number of hydrogen-bond acceptors (Lipinski definition) is 4. The number of halogens is 2. The predicted molar refractivity (Wildman–Crippen MR) is 86.8 cm³/mol. The van der Waals surface area contributed by atoms with E-state index in [1.54, 1.807) is 17.8 Å². The lowest BCUT2D eigenvalue weighted by atomic mass is 9.95. The van der Waals surface area contributed by atoms with Crippen LogP contribution in [0.25, 0.3) is 0 Å². The molecule has 1 atom stereocenters. The van der Waals surface area contributed by atoms with E-state index in [4.69, 9.17) is 4.74 Å². The summed E-state index contributed by atoms with van der Waals surface area (Å²) in [6.07, 6.45) is 2.12. The second kappa shape index (κ2) is 10.4. The molecule has 0 aromatic heterocycles. The molecule has 0 fully saturated rings. The Morgan fingerprint density at radius 2 is 2.05 bits per heavy atom. The van der Waals surface area contributed by atoms with Crippen LogP contribution in [0.3, 0.4) is 0 Å². The maximum Gasteiger partial charge on any atom is 0.175 e. The van der Waals surface area contributed by atoms with E-state index < -0.39 is 5.92 Å². The third kappa shape index (κ3) is 5.12. The fourth-order valence-electron chi connectivity index (χ4n) is 1.99. The highest BCUT2D eigenvalue weighted by molar-refractivity contribution is 7.99. The van der Waals surface area contributed by atoms with Crippen molar-refractivity contribution in [3.8, 4) is 5.75 Å². The first kappa shape index (κ1) is 22.9. The van der Waals surface area contributed by atoms with Gasteiger partial charge in [0, 0.05) is 24.6 Å². The smallest absolute Gasteiger partial charge is 0.175 e. The Morgan fingerprint density at radius 3 is 2.64 bits per heavy atom. The van der Waals surface area contributed by atoms with E-state index >= 15 is 0 Å². The molecule has 1 aliphatic heterocycles. The molecule has 2 rings (SSSR count). The van der Waals surface area contributed by atoms with Gasteiger partial charge in [0.15, 0.2) is 5.78 Å². The molecule has 1 aromatic carbocycles. The van der Waals surface area contributed by atoms with Crippen LogP contribution in [0.5, 0.6) is 5.75 Å². The van der Waals surface area contributed by atoms with Gasteiger partial charge in [0.1, 0.15) is 11.5 Å². The van der Waals surface area contributed by atoms with Crippen molar-refractivity contribution in [1.29, 1.82) is 0 Å². The van der Waals surface area contributed by atoms with Crippen LogP contribution in [-0.4, -0.2) is 32.3 Å². The number of ether oxygens (including phenoxy) is 1. The molecule has 3 nitrogen and oxygen atoms in total. The van der Waals surface area contributed by atoms with E-state index in [2.05, 4.69) is 6.92 Å². The van der Waals surface area contributed by atoms with Gasteiger partial charge in [0.25, 0.3) is 0 Å². The number of hydrogen-bond donors (Lipinski definition) is 0. The predicted octanol–water partition coefficient (Wildman–Crippen LogP) is 3.28. The summed E-state index contributed by atoms with van der Waals surface area (Å²) in [5.41, 5.74) is 0.652. The Labute approximate surface area is 135 Å². The third-order valence-electron chi connectivity index (χ3n) is 3.20. The van der Waals surface area contributed by atoms with E-state index in [1.807, 2.05) is 12.1 Å². The monoisotopic (exact) mass is 329 g/mol. The molecule has 0 saturated carbocycles. The lowest BCUT2D eigenvalue weighted by Crippen LogP contribution is -2.28. The minimum absolute atomic E-state index is 0. The highest BCUT2D eigenvalue weighted by Crippen LogP contribution is 2.35. The van der Waals surface area contributed by atoms with Gasteiger partial charge in [-0.15, -0.1) is 11.8 Å². The Hall–Kier alpha value is -1.37. The molecular weight excluding hydrogens is 309 g/mol. The number of thioether (sulfide) groups is 1. The van der Waals surface area contributed by atoms with Crippen LogP contribution in [0.4, 0.5) is 9.41 Å². The van der Waals surface area contributed by atoms with Gasteiger partial charge in [-0.05, 0) is 31.5 Å². The second-order valence-corrected chi connectivity index (χ2v) is 5.76. The zero-order valence-corrected chi connectivity index (χ0v) is 13.5. The Kier molecular flexibility index (Phi) is 10.8. The first-order chi connectivity index (χ1) is 9.13. The highest BCUT2D eigenvalue weighted by atomic mass is 32.2. The summed E-state index contributed by atoms with van der Waals surface area (Å²) < 4.78 is 5.63. The molecule has 121 valence electrons. The van der Waals surface area contributed by atoms with Gasteiger partial charge < -0.3 is 4.74 Å². The number of rotatable bonds is 5. The van der Waals surface area contributed by atoms with Gasteiger partial charge >= 0.3 is 0 Å². The van der Waals surface area contributed by atoms with Crippen molar-refractivity contribution < 1.29 is 23.7 Å². The molecule has 3 radical (unpaired) electrons. The molecule has 0 aliphatic carbocycles. The standard InChI is InChI=1S/C15H18O3S.B.2FH/c1-3-4-7-18-11-5-6-12-14(8-11)19-9-13(10(2)16)15(12)17;;;/h5-6,8,13H,3-4,7,9H2,1-2H3;;2*1H. The molecule has 0 amide bonds. The van der Waals surface area contributed by atoms with Gasteiger partial charge in [-0.25, -0.2) is 0 Å². The summed E-state index contributed by atoms with van der Waals surface area (Å²) in [5.74, 6) is 0.755. The molecule has 0 saturated heterocycles. The van der Waals surface area contributed by atoms with Crippen LogP contribution in [0.1, 0.15) is 37.0 Å². The topological polar surface area (TPSA) is 43.4 Å². The van der Waals surface area contributed by atoms with Crippen LogP contribution in [0.2, 0.25) is 0 Å². The maximum atomic E-state index is 12.2. The lowest BCUT2D eigenvalue weighted by Gasteiger charge is -2.21. The number of Topliss-reactive ketones (excluding diaryl/α,β-unsaturated/α-hetero) is 2. The molecule has 1 unspecified atom stereocenters. The summed E-state index contributed by atoms with van der Waals surface area (Å²) in [4.78, 5) is 24.5. The largest absolute Gasteiger partial charge is 0.494 e. The van der Waals surface area contributed by atoms with E-state index in [1.165, 1.54) is 6.92 Å². The van der Waals surface area contributed by atoms with Crippen LogP contribution in [0, 0.1) is 5.92 Å². The summed E-state index contributed by atoms with van der Waals surface area (Å²) in [7, 11) is 0. The molecule has 0 bridgehead atoms. The number of ketones is 2. The highest BCUT2D eigenvalue weighted by Gasteiger charge is 2.31. The van der Waals surface area contributed by atoms with E-state index in [-0.39, 0.29) is 29.4 Å². The molecule has 1 aromatic rings. The average Bonchev–Trinajstić information content (AvgIpc) is 2.39. The fraction of sp³-hybridized carbons (Fsp3) is 0.467. The van der Waals surface area contributed by atoms with Crippen molar-refractivity contribution in [1.82, 2.24) is 0 Å². The van der Waals surface area contributed by atoms with Crippen LogP contribution in [0.15, 0.2) is 23.1 Å². The van der Waals surface area contributed by atoms with Crippen LogP contribution >= 0.6 is 11.8 Å². The Morgan fingerprint density at radius 1 is 1.36 bits per heavy atom. The summed E-state index contributed by atoms with van der Waals surface area (Å²) in [5, 5.41) is 0. The van der Waals surface area contributed by atoms with E-state index in [9.17, 15) is 9.59 Å². The number of unbranched alkanes of at least 4 members (excludes halogenated alkanes) is 1. The fourth-order valence-corrected chi connectivity index (χ4v) is 3.24. The van der Waals surface area contributed by atoms with Gasteiger partial charge in [0.2, 0.25) is 0 Å². The van der Waals surface area contributed by atoms with Gasteiger partial charge in [-0.2, -0.15) is 0 Å². The minimum Gasteiger partial charge on any atom is -0.494 e. The maximum absolute atomic E-state index is 12.2. The van der Waals surface area contributed by atoms with Crippen molar-refractivity contribution in [3.63, 3.8) is 0 Å². The third-order valence-corrected chi connectivity index (χ3v) is 4.35. The minimum atomic E-state index is -0.482. The zero-order chi connectivity index (χ0) is 13.8. The molecule has 22 heavy (non-hydrogen) atoms. The van der Waals surface area contributed by atoms with Crippen molar-refractivity contribution in [2.75, 3.05) is 12.4 Å². The second-order valence-electron chi connectivity index (χ2n) is 4.70. The van der Waals surface area contributed by atoms with Crippen molar-refractivity contribution in [3.05, 3.63) is 23.8 Å². The van der Waals surface area contributed by atoms with Crippen LogP contribution < -0.4 is 4.74 Å². The quantitative estimate of drug-likeness (QED) is 0.472. The number of carbonyl (C=O) groups excluding carboxylic acids is 2. The van der Waals surface area contributed by atoms with Gasteiger partial charge in [0.05, 0.1) is 12.5 Å². The average molecular weight is 329 g/mol.